The van der Waals surface area contributed by atoms with E-state index in [1.165, 1.54) is 12.1 Å². The average molecular weight is 368 g/mol. The Hall–Kier alpha value is -1.44. The van der Waals surface area contributed by atoms with E-state index in [0.717, 1.165) is 32.1 Å². The minimum atomic E-state index is -3.60. The molecule has 2 rings (SSSR count). The Balaban J connectivity index is 2.02. The highest BCUT2D eigenvalue weighted by Crippen LogP contribution is 2.38. The van der Waals surface area contributed by atoms with Crippen LogP contribution in [0.4, 0.5) is 0 Å². The van der Waals surface area contributed by atoms with E-state index in [1.54, 1.807) is 19.2 Å². The smallest absolute Gasteiger partial charge is 0.251 e. The van der Waals surface area contributed by atoms with Gasteiger partial charge in [-0.3, -0.25) is 4.79 Å². The molecule has 7 heteroatoms. The van der Waals surface area contributed by atoms with E-state index in [0.29, 0.717) is 25.3 Å². The Morgan fingerprint density at radius 3 is 2.40 bits per heavy atom. The largest absolute Gasteiger partial charge is 0.384 e. The fourth-order valence-corrected chi connectivity index (χ4v) is 4.42. The maximum Gasteiger partial charge on any atom is 0.251 e. The summed E-state index contributed by atoms with van der Waals surface area (Å²) in [4.78, 5) is 12.1. The van der Waals surface area contributed by atoms with Gasteiger partial charge < -0.3 is 10.1 Å². The maximum atomic E-state index is 12.5. The number of methoxy groups -OCH3 is 1. The predicted molar refractivity (Wildman–Crippen MR) is 97.0 cm³/mol. The van der Waals surface area contributed by atoms with Gasteiger partial charge in [0.25, 0.3) is 5.91 Å². The number of hydrogen-bond donors (Lipinski definition) is 2. The van der Waals surface area contributed by atoms with Gasteiger partial charge in [-0.25, -0.2) is 13.1 Å². The zero-order valence-electron chi connectivity index (χ0n) is 15.0. The molecule has 0 unspecified atom stereocenters. The van der Waals surface area contributed by atoms with Crippen LogP contribution >= 0.6 is 0 Å². The molecule has 1 fully saturated rings. The van der Waals surface area contributed by atoms with Crippen LogP contribution in [0.2, 0.25) is 0 Å². The average Bonchev–Trinajstić information content (AvgIpc) is 3.07. The monoisotopic (exact) mass is 368 g/mol. The molecule has 0 atom stereocenters. The van der Waals surface area contributed by atoms with Gasteiger partial charge in [-0.1, -0.05) is 19.8 Å². The van der Waals surface area contributed by atoms with Gasteiger partial charge in [-0.05, 0) is 43.5 Å². The third-order valence-corrected chi connectivity index (χ3v) is 6.13. The van der Waals surface area contributed by atoms with E-state index in [4.69, 9.17) is 4.74 Å². The van der Waals surface area contributed by atoms with Gasteiger partial charge in [0.15, 0.2) is 0 Å². The molecule has 0 spiro atoms. The van der Waals surface area contributed by atoms with Crippen molar-refractivity contribution in [1.29, 1.82) is 0 Å². The lowest BCUT2D eigenvalue weighted by atomic mass is 9.87. The van der Waals surface area contributed by atoms with E-state index in [-0.39, 0.29) is 16.2 Å². The molecule has 2 N–H and O–H groups in total. The van der Waals surface area contributed by atoms with Gasteiger partial charge in [0.05, 0.1) is 11.5 Å². The summed E-state index contributed by atoms with van der Waals surface area (Å²) in [6.07, 6.45) is 5.00. The van der Waals surface area contributed by atoms with Gasteiger partial charge in [-0.2, -0.15) is 0 Å². The summed E-state index contributed by atoms with van der Waals surface area (Å²) >= 11 is 0. The summed E-state index contributed by atoms with van der Waals surface area (Å²) in [6, 6.07) is 6.03. The maximum absolute atomic E-state index is 12.5. The van der Waals surface area contributed by atoms with Crippen molar-refractivity contribution < 1.29 is 17.9 Å². The summed E-state index contributed by atoms with van der Waals surface area (Å²) in [5, 5.41) is 2.77. The molecule has 1 aromatic rings. The van der Waals surface area contributed by atoms with Crippen LogP contribution in [0.5, 0.6) is 0 Å². The van der Waals surface area contributed by atoms with Gasteiger partial charge in [0.2, 0.25) is 10.0 Å². The molecular weight excluding hydrogens is 340 g/mol. The second-order valence-corrected chi connectivity index (χ2v) is 8.51. The van der Waals surface area contributed by atoms with Crippen molar-refractivity contribution in [3.8, 4) is 0 Å². The molecule has 0 heterocycles. The SMILES string of the molecule is CCCNC(=O)c1ccc(S(=O)(=O)NCC2(COC)CCCC2)cc1. The van der Waals surface area contributed by atoms with Gasteiger partial charge >= 0.3 is 0 Å². The Morgan fingerprint density at radius 1 is 1.20 bits per heavy atom. The van der Waals surface area contributed by atoms with Gasteiger partial charge in [0, 0.05) is 31.2 Å². The molecule has 1 aliphatic carbocycles. The first kappa shape index (κ1) is 19.9. The second kappa shape index (κ2) is 8.78. The molecule has 140 valence electrons. The molecule has 0 aromatic heterocycles. The zero-order valence-corrected chi connectivity index (χ0v) is 15.8. The minimum Gasteiger partial charge on any atom is -0.384 e. The molecule has 0 bridgehead atoms. The Bertz CT molecular complexity index is 665. The lowest BCUT2D eigenvalue weighted by Gasteiger charge is -2.28. The van der Waals surface area contributed by atoms with E-state index >= 15 is 0 Å². The van der Waals surface area contributed by atoms with Crippen molar-refractivity contribution in [2.24, 2.45) is 5.41 Å². The first-order valence-electron chi connectivity index (χ1n) is 8.79. The van der Waals surface area contributed by atoms with E-state index in [2.05, 4.69) is 10.0 Å². The fourth-order valence-electron chi connectivity index (χ4n) is 3.26. The van der Waals surface area contributed by atoms with Crippen LogP contribution in [-0.2, 0) is 14.8 Å². The number of carbonyl (C=O) groups is 1. The van der Waals surface area contributed by atoms with Crippen LogP contribution in [0.15, 0.2) is 29.2 Å². The highest BCUT2D eigenvalue weighted by atomic mass is 32.2. The van der Waals surface area contributed by atoms with Crippen LogP contribution in [0.3, 0.4) is 0 Å². The van der Waals surface area contributed by atoms with Crippen molar-refractivity contribution in [2.75, 3.05) is 26.8 Å². The number of carbonyl (C=O) groups excluding carboxylic acids is 1. The Morgan fingerprint density at radius 2 is 1.84 bits per heavy atom. The lowest BCUT2D eigenvalue weighted by Crippen LogP contribution is -2.38. The van der Waals surface area contributed by atoms with Crippen LogP contribution in [0.1, 0.15) is 49.4 Å². The number of ether oxygens (including phenoxy) is 1. The van der Waals surface area contributed by atoms with Crippen molar-refractivity contribution in [1.82, 2.24) is 10.0 Å². The molecule has 0 radical (unpaired) electrons. The number of benzene rings is 1. The minimum absolute atomic E-state index is 0.109. The topological polar surface area (TPSA) is 84.5 Å². The normalized spacial score (nSPS) is 16.7. The molecular formula is C18H28N2O4S. The summed E-state index contributed by atoms with van der Waals surface area (Å²) in [6.45, 7) is 3.51. The standard InChI is InChI=1S/C18H28N2O4S/c1-3-12-19-17(21)15-6-8-16(9-7-15)25(22,23)20-13-18(14-24-2)10-4-5-11-18/h6-9,20H,3-5,10-14H2,1-2H3,(H,19,21). The second-order valence-electron chi connectivity index (χ2n) is 6.74. The van der Waals surface area contributed by atoms with Crippen molar-refractivity contribution in [3.63, 3.8) is 0 Å². The third kappa shape index (κ3) is 5.26. The van der Waals surface area contributed by atoms with E-state index in [1.807, 2.05) is 6.92 Å². The summed E-state index contributed by atoms with van der Waals surface area (Å²) in [5.41, 5.74) is 0.348. The summed E-state index contributed by atoms with van der Waals surface area (Å²) in [7, 11) is -1.95. The number of nitrogens with one attached hydrogen (secondary N) is 2. The highest BCUT2D eigenvalue weighted by Gasteiger charge is 2.35. The summed E-state index contributed by atoms with van der Waals surface area (Å²) in [5.74, 6) is -0.191. The first-order chi connectivity index (χ1) is 11.9. The molecule has 6 nitrogen and oxygen atoms in total. The van der Waals surface area contributed by atoms with Crippen LogP contribution < -0.4 is 10.0 Å². The molecule has 25 heavy (non-hydrogen) atoms. The number of amides is 1. The van der Waals surface area contributed by atoms with Crippen LogP contribution in [-0.4, -0.2) is 41.1 Å². The highest BCUT2D eigenvalue weighted by molar-refractivity contribution is 7.89. The number of rotatable bonds is 9. The quantitative estimate of drug-likeness (QED) is 0.700. The molecule has 1 aliphatic rings. The fraction of sp³-hybridized carbons (Fsp3) is 0.611. The Labute approximate surface area is 150 Å². The molecule has 0 aliphatic heterocycles. The van der Waals surface area contributed by atoms with Crippen molar-refractivity contribution >= 4 is 15.9 Å². The van der Waals surface area contributed by atoms with Crippen molar-refractivity contribution in [2.45, 2.75) is 43.9 Å². The van der Waals surface area contributed by atoms with Gasteiger partial charge in [0.1, 0.15) is 0 Å². The van der Waals surface area contributed by atoms with Gasteiger partial charge in [-0.15, -0.1) is 0 Å². The number of hydrogen-bond acceptors (Lipinski definition) is 4. The van der Waals surface area contributed by atoms with E-state index in [9.17, 15) is 13.2 Å². The number of sulfonamides is 1. The van der Waals surface area contributed by atoms with Crippen LogP contribution in [0, 0.1) is 5.41 Å². The first-order valence-corrected chi connectivity index (χ1v) is 10.3. The van der Waals surface area contributed by atoms with Crippen LogP contribution in [0.25, 0.3) is 0 Å². The van der Waals surface area contributed by atoms with E-state index < -0.39 is 10.0 Å². The zero-order chi connectivity index (χ0) is 18.3. The Kier molecular flexibility index (Phi) is 6.98. The molecule has 1 amide bonds. The molecule has 0 saturated heterocycles. The third-order valence-electron chi connectivity index (χ3n) is 4.71. The molecule has 1 saturated carbocycles. The lowest BCUT2D eigenvalue weighted by molar-refractivity contribution is 0.0867. The molecule has 1 aromatic carbocycles. The predicted octanol–water partition coefficient (Wildman–Crippen LogP) is 2.31. The van der Waals surface area contributed by atoms with Crippen molar-refractivity contribution in [3.05, 3.63) is 29.8 Å². The summed E-state index contributed by atoms with van der Waals surface area (Å²) < 4.78 is 33.1.